The predicted molar refractivity (Wildman–Crippen MR) is 148 cm³/mol. The molecule has 4 aromatic rings. The molecule has 1 saturated heterocycles. The summed E-state index contributed by atoms with van der Waals surface area (Å²) < 4.78 is 21.1. The number of benzene rings is 2. The summed E-state index contributed by atoms with van der Waals surface area (Å²) in [5.41, 5.74) is 2.28. The van der Waals surface area contributed by atoms with Gasteiger partial charge in [0.25, 0.3) is 5.91 Å². The van der Waals surface area contributed by atoms with E-state index in [0.29, 0.717) is 56.7 Å². The van der Waals surface area contributed by atoms with Crippen molar-refractivity contribution in [2.75, 3.05) is 23.3 Å². The highest BCUT2D eigenvalue weighted by Crippen LogP contribution is 2.33. The monoisotopic (exact) mass is 556 g/mol. The molecule has 2 aromatic carbocycles. The number of hydrogen-bond donors (Lipinski definition) is 3. The quantitative estimate of drug-likeness (QED) is 0.270. The first kappa shape index (κ1) is 26.2. The lowest BCUT2D eigenvalue weighted by Gasteiger charge is -2.37. The second-order valence-electron chi connectivity index (χ2n) is 9.55. The zero-order valence-electron chi connectivity index (χ0n) is 21.1. The number of ether oxygens (including phenoxy) is 1. The van der Waals surface area contributed by atoms with Gasteiger partial charge in [0.05, 0.1) is 21.2 Å². The number of aromatic amines is 1. The molecule has 0 radical (unpaired) electrons. The number of pyridine rings is 1. The molecule has 0 saturated carbocycles. The van der Waals surface area contributed by atoms with E-state index in [1.54, 1.807) is 30.3 Å². The Balaban J connectivity index is 1.33. The van der Waals surface area contributed by atoms with E-state index >= 15 is 4.39 Å². The average Bonchev–Trinajstić information content (AvgIpc) is 3.27. The van der Waals surface area contributed by atoms with Crippen molar-refractivity contribution in [3.05, 3.63) is 75.9 Å². The number of fused-ring (bicyclic) bond motifs is 1. The second-order valence-corrected chi connectivity index (χ2v) is 10.4. The number of rotatable bonds is 6. The number of H-pyrrole nitrogens is 1. The highest BCUT2D eigenvalue weighted by Gasteiger charge is 2.24. The lowest BCUT2D eigenvalue weighted by atomic mass is 10.1. The first-order chi connectivity index (χ1) is 18.2. The van der Waals surface area contributed by atoms with Crippen molar-refractivity contribution in [1.82, 2.24) is 20.5 Å². The molecular weight excluding hydrogens is 530 g/mol. The minimum absolute atomic E-state index is 0.160. The zero-order chi connectivity index (χ0) is 27.0. The molecule has 0 bridgehead atoms. The van der Waals surface area contributed by atoms with Crippen molar-refractivity contribution >= 4 is 51.4 Å². The van der Waals surface area contributed by atoms with Gasteiger partial charge < -0.3 is 20.3 Å². The molecule has 5 rings (SSSR count). The van der Waals surface area contributed by atoms with Gasteiger partial charge in [-0.1, -0.05) is 23.2 Å². The molecule has 3 atom stereocenters. The summed E-state index contributed by atoms with van der Waals surface area (Å²) >= 11 is 12.5. The van der Waals surface area contributed by atoms with Gasteiger partial charge in [-0.3, -0.25) is 14.9 Å². The molecule has 1 aliphatic rings. The number of carbonyl (C=O) groups is 1. The minimum atomic E-state index is -0.474. The average molecular weight is 557 g/mol. The zero-order valence-corrected chi connectivity index (χ0v) is 22.6. The summed E-state index contributed by atoms with van der Waals surface area (Å²) in [7, 11) is 0. The maximum absolute atomic E-state index is 15.0. The summed E-state index contributed by atoms with van der Waals surface area (Å²) in [5, 5.41) is 14.6. The number of piperazine rings is 1. The number of amides is 1. The van der Waals surface area contributed by atoms with Crippen molar-refractivity contribution in [2.24, 2.45) is 0 Å². The summed E-state index contributed by atoms with van der Waals surface area (Å²) in [5.74, 6) is -0.369. The third-order valence-electron chi connectivity index (χ3n) is 6.46. The van der Waals surface area contributed by atoms with Crippen LogP contribution in [-0.4, -0.2) is 46.3 Å². The van der Waals surface area contributed by atoms with Gasteiger partial charge in [0, 0.05) is 54.2 Å². The van der Waals surface area contributed by atoms with Gasteiger partial charge in [-0.2, -0.15) is 5.10 Å². The Bertz CT molecular complexity index is 1470. The summed E-state index contributed by atoms with van der Waals surface area (Å²) in [6.07, 6.45) is 2.54. The Morgan fingerprint density at radius 1 is 1.13 bits per heavy atom. The Morgan fingerprint density at radius 3 is 2.53 bits per heavy atom. The minimum Gasteiger partial charge on any atom is -0.486 e. The Kier molecular flexibility index (Phi) is 7.43. The van der Waals surface area contributed by atoms with Crippen molar-refractivity contribution in [2.45, 2.75) is 39.0 Å². The van der Waals surface area contributed by atoms with Crippen LogP contribution in [0.3, 0.4) is 0 Å². The van der Waals surface area contributed by atoms with Crippen LogP contribution in [0, 0.1) is 5.82 Å². The molecule has 11 heteroatoms. The van der Waals surface area contributed by atoms with Crippen LogP contribution in [0.25, 0.3) is 10.9 Å². The van der Waals surface area contributed by atoms with Gasteiger partial charge in [0.15, 0.2) is 5.69 Å². The van der Waals surface area contributed by atoms with Crippen LogP contribution >= 0.6 is 23.2 Å². The van der Waals surface area contributed by atoms with Crippen LogP contribution < -0.4 is 20.3 Å². The van der Waals surface area contributed by atoms with E-state index in [1.807, 2.05) is 11.8 Å². The van der Waals surface area contributed by atoms with Crippen LogP contribution in [0.15, 0.2) is 48.8 Å². The molecule has 1 amide bonds. The van der Waals surface area contributed by atoms with Crippen molar-refractivity contribution in [3.63, 3.8) is 0 Å². The van der Waals surface area contributed by atoms with Crippen LogP contribution in [0.1, 0.15) is 42.9 Å². The lowest BCUT2D eigenvalue weighted by molar-refractivity contribution is 0.102. The topological polar surface area (TPSA) is 95.2 Å². The molecule has 0 aliphatic carbocycles. The van der Waals surface area contributed by atoms with E-state index in [0.717, 1.165) is 0 Å². The second kappa shape index (κ2) is 10.8. The number of halogens is 3. The number of carbonyl (C=O) groups excluding carboxylic acids is 1. The van der Waals surface area contributed by atoms with E-state index in [2.05, 4.69) is 39.7 Å². The number of nitrogens with one attached hydrogen (secondary N) is 3. The standard InChI is InChI=1S/C27H27Cl2FN6O2/c1-14-12-36(13-15(2)32-14)24-7-4-17(8-22(24)30)33-27(37)26-19-9-18(5-6-23(19)34-35-26)38-16(3)25-20(28)10-31-11-21(25)29/h4-11,14-16,32H,12-13H2,1-3H3,(H,33,37)(H,34,35). The highest BCUT2D eigenvalue weighted by molar-refractivity contribution is 6.35. The smallest absolute Gasteiger partial charge is 0.276 e. The van der Waals surface area contributed by atoms with E-state index in [9.17, 15) is 4.79 Å². The number of aromatic nitrogens is 3. The highest BCUT2D eigenvalue weighted by atomic mass is 35.5. The van der Waals surface area contributed by atoms with E-state index in [1.165, 1.54) is 18.5 Å². The van der Waals surface area contributed by atoms with Gasteiger partial charge in [0.1, 0.15) is 17.7 Å². The fraction of sp³-hybridized carbons (Fsp3) is 0.296. The van der Waals surface area contributed by atoms with Crippen molar-refractivity contribution in [3.8, 4) is 5.75 Å². The molecule has 0 spiro atoms. The molecule has 2 aromatic heterocycles. The molecule has 198 valence electrons. The van der Waals surface area contributed by atoms with Gasteiger partial charge >= 0.3 is 0 Å². The molecular formula is C27H27Cl2FN6O2. The molecule has 1 fully saturated rings. The largest absolute Gasteiger partial charge is 0.486 e. The van der Waals surface area contributed by atoms with Crippen molar-refractivity contribution in [1.29, 1.82) is 0 Å². The summed E-state index contributed by atoms with van der Waals surface area (Å²) in [6, 6.07) is 10.5. The molecule has 8 nitrogen and oxygen atoms in total. The van der Waals surface area contributed by atoms with Gasteiger partial charge in [0.2, 0.25) is 0 Å². The number of nitrogens with zero attached hydrogens (tertiary/aromatic N) is 3. The maximum Gasteiger partial charge on any atom is 0.276 e. The van der Waals surface area contributed by atoms with Crippen LogP contribution in [0.4, 0.5) is 15.8 Å². The molecule has 3 N–H and O–H groups in total. The van der Waals surface area contributed by atoms with E-state index in [4.69, 9.17) is 27.9 Å². The fourth-order valence-corrected chi connectivity index (χ4v) is 5.54. The lowest BCUT2D eigenvalue weighted by Crippen LogP contribution is -2.54. The Labute approximate surface area is 229 Å². The molecule has 1 aliphatic heterocycles. The van der Waals surface area contributed by atoms with Crippen LogP contribution in [0.5, 0.6) is 5.75 Å². The summed E-state index contributed by atoms with van der Waals surface area (Å²) in [6.45, 7) is 7.37. The molecule has 3 heterocycles. The third-order valence-corrected chi connectivity index (χ3v) is 7.07. The normalized spacial score (nSPS) is 18.4. The predicted octanol–water partition coefficient (Wildman–Crippen LogP) is 5.98. The molecule has 38 heavy (non-hydrogen) atoms. The number of hydrogen-bond acceptors (Lipinski definition) is 6. The van der Waals surface area contributed by atoms with Crippen molar-refractivity contribution < 1.29 is 13.9 Å². The summed E-state index contributed by atoms with van der Waals surface area (Å²) in [4.78, 5) is 19.1. The van der Waals surface area contributed by atoms with Crippen LogP contribution in [-0.2, 0) is 0 Å². The fourth-order valence-electron chi connectivity index (χ4n) is 4.87. The first-order valence-electron chi connectivity index (χ1n) is 12.2. The number of anilines is 2. The van der Waals surface area contributed by atoms with Gasteiger partial charge in [-0.25, -0.2) is 4.39 Å². The third kappa shape index (κ3) is 5.41. The first-order valence-corrected chi connectivity index (χ1v) is 13.0. The van der Waals surface area contributed by atoms with Gasteiger partial charge in [-0.05, 0) is 57.2 Å². The SMILES string of the molecule is CC1CN(c2ccc(NC(=O)c3n[nH]c4ccc(OC(C)c5c(Cl)cncc5Cl)cc34)cc2F)CC(C)N1. The van der Waals surface area contributed by atoms with Crippen LogP contribution in [0.2, 0.25) is 10.0 Å². The van der Waals surface area contributed by atoms with Gasteiger partial charge in [-0.15, -0.1) is 0 Å². The van der Waals surface area contributed by atoms with E-state index in [-0.39, 0.29) is 17.8 Å². The maximum atomic E-state index is 15.0. The Hall–Kier alpha value is -3.40. The Morgan fingerprint density at radius 2 is 1.84 bits per heavy atom. The molecule has 3 unspecified atom stereocenters. The van der Waals surface area contributed by atoms with E-state index < -0.39 is 17.8 Å².